The first-order valence-corrected chi connectivity index (χ1v) is 13.1. The fourth-order valence-corrected chi connectivity index (χ4v) is 5.06. The Hall–Kier alpha value is -3.79. The van der Waals surface area contributed by atoms with E-state index in [0.717, 1.165) is 37.9 Å². The van der Waals surface area contributed by atoms with E-state index < -0.39 is 11.4 Å². The van der Waals surface area contributed by atoms with Crippen LogP contribution in [0.1, 0.15) is 33.3 Å². The summed E-state index contributed by atoms with van der Waals surface area (Å²) < 4.78 is 36.1. The third-order valence-electron chi connectivity index (χ3n) is 7.19. The number of amides is 1. The van der Waals surface area contributed by atoms with E-state index in [-0.39, 0.29) is 29.4 Å². The first-order valence-electron chi connectivity index (χ1n) is 13.1. The summed E-state index contributed by atoms with van der Waals surface area (Å²) in [6.45, 7) is 12.4. The van der Waals surface area contributed by atoms with Gasteiger partial charge < -0.3 is 24.8 Å². The van der Waals surface area contributed by atoms with Crippen molar-refractivity contribution in [3.63, 3.8) is 0 Å². The Morgan fingerprint density at radius 2 is 1.74 bits per heavy atom. The maximum atomic E-state index is 15.0. The molecule has 0 aliphatic carbocycles. The average Bonchev–Trinajstić information content (AvgIpc) is 2.87. The van der Waals surface area contributed by atoms with Gasteiger partial charge in [-0.3, -0.25) is 4.79 Å². The first kappa shape index (κ1) is 26.8. The Morgan fingerprint density at radius 1 is 1.03 bits per heavy atom. The van der Waals surface area contributed by atoms with Crippen LogP contribution in [-0.4, -0.2) is 65.6 Å². The highest BCUT2D eigenvalue weighted by Gasteiger charge is 2.42. The molecule has 0 spiro atoms. The highest BCUT2D eigenvalue weighted by atomic mass is 19.1. The summed E-state index contributed by atoms with van der Waals surface area (Å²) >= 11 is 0. The summed E-state index contributed by atoms with van der Waals surface area (Å²) in [6, 6.07) is 8.26. The van der Waals surface area contributed by atoms with Crippen LogP contribution in [0.3, 0.4) is 0 Å². The smallest absolute Gasteiger partial charge is 0.270 e. The van der Waals surface area contributed by atoms with Crippen molar-refractivity contribution >= 4 is 28.9 Å². The third-order valence-corrected chi connectivity index (χ3v) is 7.19. The van der Waals surface area contributed by atoms with Crippen LogP contribution in [0.15, 0.2) is 36.5 Å². The standard InChI is InChI=1S/C29H34F2N6O2/c1-17(2)37-24-14-19(13-18(3)26(24)39-29(4,5)27(37)38)25-22(31)16-32-28(34-25)33-20-7-8-23(21(30)15-20)36-11-9-35(6)10-12-36/h7-8,13-17H,9-12H2,1-6H3,(H,32,33,34). The molecule has 10 heteroatoms. The summed E-state index contributed by atoms with van der Waals surface area (Å²) in [4.78, 5) is 27.6. The lowest BCUT2D eigenvalue weighted by Gasteiger charge is -2.41. The monoisotopic (exact) mass is 536 g/mol. The van der Waals surface area contributed by atoms with Crippen molar-refractivity contribution in [1.29, 1.82) is 0 Å². The number of piperazine rings is 1. The Kier molecular flexibility index (Phi) is 6.92. The van der Waals surface area contributed by atoms with E-state index in [1.165, 1.54) is 6.07 Å². The second-order valence-corrected chi connectivity index (χ2v) is 11.0. The molecule has 0 bridgehead atoms. The van der Waals surface area contributed by atoms with Gasteiger partial charge in [-0.2, -0.15) is 0 Å². The molecule has 2 aliphatic heterocycles. The lowest BCUT2D eigenvalue weighted by atomic mass is 9.98. The third kappa shape index (κ3) is 5.13. The summed E-state index contributed by atoms with van der Waals surface area (Å²) in [5.74, 6) is -0.424. The minimum Gasteiger partial charge on any atom is -0.476 e. The molecule has 0 atom stereocenters. The van der Waals surface area contributed by atoms with E-state index in [4.69, 9.17) is 4.74 Å². The van der Waals surface area contributed by atoms with Crippen molar-refractivity contribution < 1.29 is 18.3 Å². The maximum Gasteiger partial charge on any atom is 0.270 e. The molecule has 0 saturated carbocycles. The highest BCUT2D eigenvalue weighted by molar-refractivity contribution is 6.03. The molecule has 1 amide bonds. The molecule has 3 heterocycles. The van der Waals surface area contributed by atoms with Gasteiger partial charge in [0, 0.05) is 43.5 Å². The molecule has 3 aromatic rings. The van der Waals surface area contributed by atoms with E-state index >= 15 is 4.39 Å². The van der Waals surface area contributed by atoms with Crippen molar-refractivity contribution in [2.45, 2.75) is 46.3 Å². The minimum absolute atomic E-state index is 0.0638. The zero-order valence-corrected chi connectivity index (χ0v) is 23.2. The Balaban J connectivity index is 1.45. The maximum absolute atomic E-state index is 15.0. The molecule has 1 N–H and O–H groups in total. The number of fused-ring (bicyclic) bond motifs is 1. The van der Waals surface area contributed by atoms with E-state index in [0.29, 0.717) is 28.4 Å². The van der Waals surface area contributed by atoms with Gasteiger partial charge in [-0.05, 0) is 77.6 Å². The topological polar surface area (TPSA) is 73.8 Å². The molecule has 0 unspecified atom stereocenters. The van der Waals surface area contributed by atoms with Crippen LogP contribution in [0.4, 0.5) is 31.8 Å². The van der Waals surface area contributed by atoms with Gasteiger partial charge >= 0.3 is 0 Å². The SMILES string of the molecule is Cc1cc(-c2nc(Nc3ccc(N4CCN(C)CC4)c(F)c3)ncc2F)cc2c1OC(C)(C)C(=O)N2C(C)C. The second kappa shape index (κ2) is 10.1. The quantitative estimate of drug-likeness (QED) is 0.484. The van der Waals surface area contributed by atoms with Crippen molar-refractivity contribution in [3.8, 4) is 17.0 Å². The number of carbonyl (C=O) groups is 1. The fourth-order valence-electron chi connectivity index (χ4n) is 5.06. The molecule has 0 radical (unpaired) electrons. The predicted octanol–water partition coefficient (Wildman–Crippen LogP) is 5.14. The lowest BCUT2D eigenvalue weighted by Crippen LogP contribution is -2.55. The molecule has 8 nitrogen and oxygen atoms in total. The number of nitrogens with one attached hydrogen (secondary N) is 1. The average molecular weight is 537 g/mol. The lowest BCUT2D eigenvalue weighted by molar-refractivity contribution is -0.133. The number of benzene rings is 2. The molecular formula is C29H34F2N6O2. The number of hydrogen-bond donors (Lipinski definition) is 1. The van der Waals surface area contributed by atoms with Crippen molar-refractivity contribution in [2.24, 2.45) is 0 Å². The molecule has 2 aromatic carbocycles. The van der Waals surface area contributed by atoms with E-state index in [1.54, 1.807) is 43.0 Å². The predicted molar refractivity (Wildman–Crippen MR) is 149 cm³/mol. The van der Waals surface area contributed by atoms with Crippen molar-refractivity contribution in [3.05, 3.63) is 53.7 Å². The van der Waals surface area contributed by atoms with Gasteiger partial charge in [0.2, 0.25) is 5.95 Å². The van der Waals surface area contributed by atoms with Gasteiger partial charge in [0.15, 0.2) is 11.4 Å². The van der Waals surface area contributed by atoms with Crippen LogP contribution in [0.5, 0.6) is 5.75 Å². The number of nitrogens with zero attached hydrogens (tertiary/aromatic N) is 5. The molecule has 1 aromatic heterocycles. The summed E-state index contributed by atoms with van der Waals surface area (Å²) in [7, 11) is 2.05. The number of ether oxygens (including phenoxy) is 1. The van der Waals surface area contributed by atoms with Crippen molar-refractivity contribution in [1.82, 2.24) is 14.9 Å². The normalized spacial score (nSPS) is 17.3. The van der Waals surface area contributed by atoms with E-state index in [2.05, 4.69) is 27.2 Å². The number of likely N-dealkylation sites (N-methyl/N-ethyl adjacent to an activating group) is 1. The Bertz CT molecular complexity index is 1420. The Morgan fingerprint density at radius 3 is 2.41 bits per heavy atom. The highest BCUT2D eigenvalue weighted by Crippen LogP contribution is 2.44. The van der Waals surface area contributed by atoms with Crippen LogP contribution < -0.4 is 19.9 Å². The number of carbonyl (C=O) groups excluding carboxylic acids is 1. The fraction of sp³-hybridized carbons (Fsp3) is 0.414. The zero-order chi connectivity index (χ0) is 28.1. The van der Waals surface area contributed by atoms with E-state index in [9.17, 15) is 9.18 Å². The van der Waals surface area contributed by atoms with Crippen LogP contribution in [0.25, 0.3) is 11.3 Å². The van der Waals surface area contributed by atoms with Gasteiger partial charge in [-0.15, -0.1) is 0 Å². The number of halogens is 2. The Labute approximate surface area is 227 Å². The number of rotatable bonds is 5. The summed E-state index contributed by atoms with van der Waals surface area (Å²) in [5, 5.41) is 3.00. The van der Waals surface area contributed by atoms with Gasteiger partial charge in [0.1, 0.15) is 17.3 Å². The summed E-state index contributed by atoms with van der Waals surface area (Å²) in [5.41, 5.74) is 1.85. The number of anilines is 4. The van der Waals surface area contributed by atoms with Gasteiger partial charge in [0.05, 0.1) is 17.6 Å². The summed E-state index contributed by atoms with van der Waals surface area (Å²) in [6.07, 6.45) is 1.08. The van der Waals surface area contributed by atoms with Crippen LogP contribution in [0, 0.1) is 18.6 Å². The largest absolute Gasteiger partial charge is 0.476 e. The number of aromatic nitrogens is 2. The van der Waals surface area contributed by atoms with Crippen LogP contribution in [0.2, 0.25) is 0 Å². The molecule has 2 aliphatic rings. The van der Waals surface area contributed by atoms with Crippen LogP contribution in [-0.2, 0) is 4.79 Å². The first-order chi connectivity index (χ1) is 18.4. The van der Waals surface area contributed by atoms with Gasteiger partial charge in [-0.25, -0.2) is 18.7 Å². The van der Waals surface area contributed by atoms with Gasteiger partial charge in [-0.1, -0.05) is 0 Å². The molecule has 5 rings (SSSR count). The van der Waals surface area contributed by atoms with Gasteiger partial charge in [0.25, 0.3) is 5.91 Å². The molecule has 39 heavy (non-hydrogen) atoms. The number of aryl methyl sites for hydroxylation is 1. The minimum atomic E-state index is -1.02. The zero-order valence-electron chi connectivity index (χ0n) is 23.2. The van der Waals surface area contributed by atoms with E-state index in [1.807, 2.05) is 25.7 Å². The number of hydrogen-bond acceptors (Lipinski definition) is 7. The molecular weight excluding hydrogens is 502 g/mol. The second-order valence-electron chi connectivity index (χ2n) is 11.0. The molecule has 206 valence electrons. The van der Waals surface area contributed by atoms with Crippen LogP contribution >= 0.6 is 0 Å². The van der Waals surface area contributed by atoms with Crippen molar-refractivity contribution in [2.75, 3.05) is 48.3 Å². The molecule has 1 fully saturated rings. The molecule has 1 saturated heterocycles.